The van der Waals surface area contributed by atoms with E-state index in [9.17, 15) is 8.42 Å². The van der Waals surface area contributed by atoms with Gasteiger partial charge in [-0.15, -0.1) is 0 Å². The van der Waals surface area contributed by atoms with Gasteiger partial charge in [-0.1, -0.05) is 6.07 Å². The van der Waals surface area contributed by atoms with Gasteiger partial charge in [0, 0.05) is 42.3 Å². The van der Waals surface area contributed by atoms with Gasteiger partial charge in [0.05, 0.1) is 5.75 Å². The third-order valence-corrected chi connectivity index (χ3v) is 10.1. The molecule has 0 amide bonds. The Kier molecular flexibility index (Phi) is 8.72. The van der Waals surface area contributed by atoms with E-state index in [-0.39, 0.29) is 5.75 Å². The van der Waals surface area contributed by atoms with E-state index in [2.05, 4.69) is 61.7 Å². The molecule has 3 aromatic rings. The SMILES string of the molecule is Cc1cc(Nc2nc(Nc3cc(C)c(C4CCN(S(=O)(=O)CCCN5CCCC5)CC4)cc3C)ncc2C)n[nH]1. The van der Waals surface area contributed by atoms with Gasteiger partial charge in [0.25, 0.3) is 0 Å². The fourth-order valence-corrected chi connectivity index (χ4v) is 7.34. The van der Waals surface area contributed by atoms with Crippen molar-refractivity contribution in [2.45, 2.75) is 65.7 Å². The summed E-state index contributed by atoms with van der Waals surface area (Å²) in [5.74, 6) is 2.54. The number of anilines is 4. The first-order valence-electron chi connectivity index (χ1n) is 14.4. The van der Waals surface area contributed by atoms with Crippen molar-refractivity contribution in [3.05, 3.63) is 52.3 Å². The summed E-state index contributed by atoms with van der Waals surface area (Å²) < 4.78 is 27.7. The van der Waals surface area contributed by atoms with Gasteiger partial charge in [0.15, 0.2) is 5.82 Å². The number of hydrogen-bond donors (Lipinski definition) is 3. The molecule has 216 valence electrons. The Balaban J connectivity index is 1.20. The smallest absolute Gasteiger partial charge is 0.229 e. The van der Waals surface area contributed by atoms with Crippen molar-refractivity contribution in [3.63, 3.8) is 0 Å². The van der Waals surface area contributed by atoms with Crippen LogP contribution in [0, 0.1) is 27.7 Å². The zero-order valence-corrected chi connectivity index (χ0v) is 24.9. The van der Waals surface area contributed by atoms with Crippen LogP contribution in [0.2, 0.25) is 0 Å². The lowest BCUT2D eigenvalue weighted by Gasteiger charge is -2.32. The molecule has 3 N–H and O–H groups in total. The number of hydrogen-bond acceptors (Lipinski definition) is 8. The molecule has 2 aliphatic rings. The highest BCUT2D eigenvalue weighted by Crippen LogP contribution is 2.34. The molecule has 0 unspecified atom stereocenters. The van der Waals surface area contributed by atoms with Crippen molar-refractivity contribution < 1.29 is 8.42 Å². The number of rotatable bonds is 10. The highest BCUT2D eigenvalue weighted by atomic mass is 32.2. The summed E-state index contributed by atoms with van der Waals surface area (Å²) >= 11 is 0. The maximum absolute atomic E-state index is 13.0. The van der Waals surface area contributed by atoms with Crippen LogP contribution in [0.5, 0.6) is 0 Å². The summed E-state index contributed by atoms with van der Waals surface area (Å²) in [6.45, 7) is 12.4. The molecule has 11 heteroatoms. The molecule has 5 rings (SSSR count). The summed E-state index contributed by atoms with van der Waals surface area (Å²) in [6, 6.07) is 6.32. The summed E-state index contributed by atoms with van der Waals surface area (Å²) in [5.41, 5.74) is 6.46. The van der Waals surface area contributed by atoms with Gasteiger partial charge in [0.2, 0.25) is 16.0 Å². The number of nitrogens with zero attached hydrogens (tertiary/aromatic N) is 5. The number of H-pyrrole nitrogens is 1. The van der Waals surface area contributed by atoms with Gasteiger partial charge < -0.3 is 15.5 Å². The predicted octanol–water partition coefficient (Wildman–Crippen LogP) is 4.92. The average Bonchev–Trinajstić information content (AvgIpc) is 3.59. The standard InChI is InChI=1S/C29H42N8O2S/c1-20-17-26(31-29-30-19-22(3)28(33-29)32-27-18-23(4)34-35-27)21(2)16-25(20)24-8-13-37(14-9-24)40(38,39)15-7-12-36-10-5-6-11-36/h16-19,24H,5-15H2,1-4H3,(H3,30,31,32,33,34,35). The molecular weight excluding hydrogens is 524 g/mol. The summed E-state index contributed by atoms with van der Waals surface area (Å²) in [5, 5.41) is 13.8. The minimum atomic E-state index is -3.19. The van der Waals surface area contributed by atoms with Crippen molar-refractivity contribution in [1.29, 1.82) is 0 Å². The van der Waals surface area contributed by atoms with Crippen molar-refractivity contribution in [1.82, 2.24) is 29.4 Å². The second-order valence-electron chi connectivity index (χ2n) is 11.3. The van der Waals surface area contributed by atoms with Crippen LogP contribution in [0.25, 0.3) is 0 Å². The molecule has 0 radical (unpaired) electrons. The van der Waals surface area contributed by atoms with Gasteiger partial charge in [0.1, 0.15) is 5.82 Å². The maximum atomic E-state index is 13.0. The zero-order valence-electron chi connectivity index (χ0n) is 24.1. The molecule has 0 bridgehead atoms. The van der Waals surface area contributed by atoms with E-state index in [1.807, 2.05) is 19.9 Å². The lowest BCUT2D eigenvalue weighted by atomic mass is 9.86. The fraction of sp³-hybridized carbons (Fsp3) is 0.552. The molecule has 40 heavy (non-hydrogen) atoms. The van der Waals surface area contributed by atoms with Crippen LogP contribution in [0.1, 0.15) is 66.0 Å². The number of aromatic amines is 1. The molecule has 2 aliphatic heterocycles. The number of benzene rings is 1. The lowest BCUT2D eigenvalue weighted by molar-refractivity contribution is 0.314. The summed E-state index contributed by atoms with van der Waals surface area (Å²) in [7, 11) is -3.19. The van der Waals surface area contributed by atoms with Gasteiger partial charge in [-0.3, -0.25) is 5.10 Å². The Labute approximate surface area is 238 Å². The van der Waals surface area contributed by atoms with Crippen LogP contribution in [0.4, 0.5) is 23.3 Å². The number of piperidine rings is 1. The van der Waals surface area contributed by atoms with Crippen LogP contribution in [-0.4, -0.2) is 76.3 Å². The van der Waals surface area contributed by atoms with Gasteiger partial charge in [-0.05, 0) is 108 Å². The van der Waals surface area contributed by atoms with Crippen molar-refractivity contribution >= 4 is 33.3 Å². The normalized spacial score (nSPS) is 17.4. The van der Waals surface area contributed by atoms with Gasteiger partial charge in [-0.2, -0.15) is 10.1 Å². The summed E-state index contributed by atoms with van der Waals surface area (Å²) in [4.78, 5) is 11.5. The minimum Gasteiger partial charge on any atom is -0.324 e. The van der Waals surface area contributed by atoms with E-state index in [0.717, 1.165) is 61.4 Å². The van der Waals surface area contributed by atoms with Crippen LogP contribution in [0.3, 0.4) is 0 Å². The molecule has 0 atom stereocenters. The van der Waals surface area contributed by atoms with Gasteiger partial charge >= 0.3 is 0 Å². The average molecular weight is 567 g/mol. The van der Waals surface area contributed by atoms with Crippen LogP contribution < -0.4 is 10.6 Å². The highest BCUT2D eigenvalue weighted by Gasteiger charge is 2.29. The molecule has 1 aromatic carbocycles. The minimum absolute atomic E-state index is 0.256. The molecule has 2 saturated heterocycles. The molecule has 0 spiro atoms. The van der Waals surface area contributed by atoms with Crippen molar-refractivity contribution in [2.24, 2.45) is 0 Å². The molecular formula is C29H42N8O2S. The third-order valence-electron chi connectivity index (χ3n) is 8.15. The predicted molar refractivity (Wildman–Crippen MR) is 160 cm³/mol. The van der Waals surface area contributed by atoms with Crippen LogP contribution in [0.15, 0.2) is 24.4 Å². The van der Waals surface area contributed by atoms with E-state index in [4.69, 9.17) is 0 Å². The van der Waals surface area contributed by atoms with E-state index >= 15 is 0 Å². The maximum Gasteiger partial charge on any atom is 0.229 e. The fourth-order valence-electron chi connectivity index (χ4n) is 5.82. The number of aromatic nitrogens is 4. The molecule has 4 heterocycles. The van der Waals surface area contributed by atoms with Crippen molar-refractivity contribution in [2.75, 3.05) is 49.1 Å². The second-order valence-corrected chi connectivity index (χ2v) is 13.4. The van der Waals surface area contributed by atoms with Crippen LogP contribution >= 0.6 is 0 Å². The molecule has 2 fully saturated rings. The number of sulfonamides is 1. The first-order chi connectivity index (χ1) is 19.2. The highest BCUT2D eigenvalue weighted by molar-refractivity contribution is 7.89. The van der Waals surface area contributed by atoms with E-state index in [0.29, 0.717) is 36.6 Å². The molecule has 0 aliphatic carbocycles. The largest absolute Gasteiger partial charge is 0.324 e. The first kappa shape index (κ1) is 28.5. The Morgan fingerprint density at radius 2 is 1.70 bits per heavy atom. The Hall–Kier alpha value is -3.02. The van der Waals surface area contributed by atoms with E-state index < -0.39 is 10.0 Å². The van der Waals surface area contributed by atoms with Gasteiger partial charge in [-0.25, -0.2) is 17.7 Å². The second kappa shape index (κ2) is 12.2. The molecule has 0 saturated carbocycles. The molecule has 10 nitrogen and oxygen atoms in total. The Morgan fingerprint density at radius 1 is 0.950 bits per heavy atom. The first-order valence-corrected chi connectivity index (χ1v) is 16.0. The Bertz CT molecular complexity index is 1420. The molecule has 2 aromatic heterocycles. The van der Waals surface area contributed by atoms with E-state index in [1.165, 1.54) is 24.0 Å². The zero-order chi connectivity index (χ0) is 28.3. The number of likely N-dealkylation sites (tertiary alicyclic amines) is 1. The monoisotopic (exact) mass is 566 g/mol. The van der Waals surface area contributed by atoms with Crippen LogP contribution in [-0.2, 0) is 10.0 Å². The lowest BCUT2D eigenvalue weighted by Crippen LogP contribution is -2.39. The third kappa shape index (κ3) is 6.82. The quantitative estimate of drug-likeness (QED) is 0.317. The Morgan fingerprint density at radius 3 is 2.40 bits per heavy atom. The summed E-state index contributed by atoms with van der Waals surface area (Å²) in [6.07, 6.45) is 6.69. The number of aryl methyl sites for hydroxylation is 4. The number of nitrogens with one attached hydrogen (secondary N) is 3. The van der Waals surface area contributed by atoms with Crippen molar-refractivity contribution in [3.8, 4) is 0 Å². The topological polar surface area (TPSA) is 119 Å². The van der Waals surface area contributed by atoms with E-state index in [1.54, 1.807) is 10.5 Å².